The SMILES string of the molecule is CNC(C)C1(O)c2cc(Cl)ccc2COc2ccccc21. The molecule has 1 aliphatic heterocycles. The van der Waals surface area contributed by atoms with Crippen LogP contribution < -0.4 is 10.1 Å². The Kier molecular flexibility index (Phi) is 3.66. The second kappa shape index (κ2) is 5.34. The molecule has 0 saturated carbocycles. The molecule has 110 valence electrons. The van der Waals surface area contributed by atoms with E-state index in [2.05, 4.69) is 5.32 Å². The van der Waals surface area contributed by atoms with Crippen LogP contribution in [0.2, 0.25) is 5.02 Å². The third-order valence-corrected chi connectivity index (χ3v) is 4.46. The third kappa shape index (κ3) is 2.22. The molecule has 21 heavy (non-hydrogen) atoms. The summed E-state index contributed by atoms with van der Waals surface area (Å²) in [5.41, 5.74) is 1.30. The van der Waals surface area contributed by atoms with Gasteiger partial charge in [-0.2, -0.15) is 0 Å². The average molecular weight is 304 g/mol. The van der Waals surface area contributed by atoms with Gasteiger partial charge in [0.05, 0.1) is 0 Å². The van der Waals surface area contributed by atoms with Gasteiger partial charge in [0, 0.05) is 16.6 Å². The molecule has 1 aliphatic rings. The maximum absolute atomic E-state index is 11.5. The highest BCUT2D eigenvalue weighted by molar-refractivity contribution is 6.30. The van der Waals surface area contributed by atoms with Crippen molar-refractivity contribution in [2.75, 3.05) is 7.05 Å². The number of rotatable bonds is 2. The molecule has 0 bridgehead atoms. The van der Waals surface area contributed by atoms with Gasteiger partial charge in [0.15, 0.2) is 0 Å². The molecule has 3 nitrogen and oxygen atoms in total. The van der Waals surface area contributed by atoms with E-state index in [1.165, 1.54) is 0 Å². The molecule has 0 aliphatic carbocycles. The van der Waals surface area contributed by atoms with Crippen LogP contribution in [0.4, 0.5) is 0 Å². The van der Waals surface area contributed by atoms with Crippen molar-refractivity contribution in [2.24, 2.45) is 0 Å². The second-order valence-corrected chi connectivity index (χ2v) is 5.80. The molecule has 0 radical (unpaired) electrons. The Morgan fingerprint density at radius 1 is 1.24 bits per heavy atom. The van der Waals surface area contributed by atoms with Gasteiger partial charge in [0.2, 0.25) is 0 Å². The lowest BCUT2D eigenvalue weighted by molar-refractivity contribution is 0.0461. The Morgan fingerprint density at radius 2 is 2.00 bits per heavy atom. The van der Waals surface area contributed by atoms with Crippen molar-refractivity contribution in [3.8, 4) is 5.75 Å². The third-order valence-electron chi connectivity index (χ3n) is 4.22. The number of benzene rings is 2. The molecule has 2 N–H and O–H groups in total. The summed E-state index contributed by atoms with van der Waals surface area (Å²) in [5.74, 6) is 0.703. The number of ether oxygens (including phenoxy) is 1. The first-order chi connectivity index (χ1) is 10.1. The minimum atomic E-state index is -1.19. The van der Waals surface area contributed by atoms with Crippen LogP contribution in [0.5, 0.6) is 5.75 Å². The molecule has 0 amide bonds. The van der Waals surface area contributed by atoms with Gasteiger partial charge in [-0.1, -0.05) is 35.9 Å². The van der Waals surface area contributed by atoms with Gasteiger partial charge in [-0.25, -0.2) is 0 Å². The molecule has 1 heterocycles. The van der Waals surface area contributed by atoms with Crippen LogP contribution in [0.1, 0.15) is 23.6 Å². The van der Waals surface area contributed by atoms with Gasteiger partial charge >= 0.3 is 0 Å². The Morgan fingerprint density at radius 3 is 2.76 bits per heavy atom. The van der Waals surface area contributed by atoms with Crippen LogP contribution in [-0.4, -0.2) is 18.2 Å². The second-order valence-electron chi connectivity index (χ2n) is 5.36. The minimum Gasteiger partial charge on any atom is -0.488 e. The average Bonchev–Trinajstić information content (AvgIpc) is 2.63. The highest BCUT2D eigenvalue weighted by Gasteiger charge is 2.42. The standard InChI is InChI=1S/C17H18ClNO2/c1-11(19-2)17(20)14-5-3-4-6-16(14)21-10-12-7-8-13(18)9-15(12)17/h3-9,11,19-20H,10H2,1-2H3. The first kappa shape index (κ1) is 14.4. The van der Waals surface area contributed by atoms with Crippen molar-refractivity contribution in [1.82, 2.24) is 5.32 Å². The highest BCUT2D eigenvalue weighted by Crippen LogP contribution is 2.43. The number of likely N-dealkylation sites (N-methyl/N-ethyl adjacent to an activating group) is 1. The fourth-order valence-corrected chi connectivity index (χ4v) is 3.08. The molecule has 0 saturated heterocycles. The van der Waals surface area contributed by atoms with Crippen LogP contribution in [0.25, 0.3) is 0 Å². The number of halogens is 1. The molecular weight excluding hydrogens is 286 g/mol. The van der Waals surface area contributed by atoms with Crippen LogP contribution in [0.3, 0.4) is 0 Å². The summed E-state index contributed by atoms with van der Waals surface area (Å²) in [7, 11) is 1.83. The molecule has 2 atom stereocenters. The lowest BCUT2D eigenvalue weighted by atomic mass is 9.79. The summed E-state index contributed by atoms with van der Waals surface area (Å²) in [5, 5.41) is 15.3. The van der Waals surface area contributed by atoms with Gasteiger partial charge < -0.3 is 15.2 Å². The summed E-state index contributed by atoms with van der Waals surface area (Å²) in [4.78, 5) is 0. The number of aliphatic hydroxyl groups is 1. The minimum absolute atomic E-state index is 0.197. The van der Waals surface area contributed by atoms with E-state index in [-0.39, 0.29) is 6.04 Å². The maximum atomic E-state index is 11.5. The molecule has 2 unspecified atom stereocenters. The normalized spacial score (nSPS) is 21.7. The summed E-state index contributed by atoms with van der Waals surface area (Å²) < 4.78 is 5.87. The van der Waals surface area contributed by atoms with Crippen molar-refractivity contribution >= 4 is 11.6 Å². The lowest BCUT2D eigenvalue weighted by Crippen LogP contribution is -2.46. The number of para-hydroxylation sites is 1. The van der Waals surface area contributed by atoms with E-state index in [4.69, 9.17) is 16.3 Å². The molecular formula is C17H18ClNO2. The van der Waals surface area contributed by atoms with Crippen molar-refractivity contribution in [3.63, 3.8) is 0 Å². The van der Waals surface area contributed by atoms with Crippen molar-refractivity contribution in [1.29, 1.82) is 0 Å². The maximum Gasteiger partial charge on any atom is 0.134 e. The van der Waals surface area contributed by atoms with Crippen LogP contribution in [0, 0.1) is 0 Å². The monoisotopic (exact) mass is 303 g/mol. The van der Waals surface area contributed by atoms with Crippen molar-refractivity contribution in [2.45, 2.75) is 25.2 Å². The van der Waals surface area contributed by atoms with E-state index in [0.29, 0.717) is 17.4 Å². The molecule has 0 aromatic heterocycles. The molecule has 2 aromatic rings. The summed E-state index contributed by atoms with van der Waals surface area (Å²) in [6.07, 6.45) is 0. The number of fused-ring (bicyclic) bond motifs is 2. The van der Waals surface area contributed by atoms with Crippen LogP contribution >= 0.6 is 11.6 Å². The van der Waals surface area contributed by atoms with Gasteiger partial charge in [-0.05, 0) is 43.3 Å². The first-order valence-electron chi connectivity index (χ1n) is 6.98. The zero-order valence-corrected chi connectivity index (χ0v) is 12.8. The summed E-state index contributed by atoms with van der Waals surface area (Å²) >= 11 is 6.16. The van der Waals surface area contributed by atoms with E-state index < -0.39 is 5.60 Å². The fourth-order valence-electron chi connectivity index (χ4n) is 2.91. The fraction of sp³-hybridized carbons (Fsp3) is 0.294. The number of nitrogens with one attached hydrogen (secondary N) is 1. The molecule has 0 spiro atoms. The smallest absolute Gasteiger partial charge is 0.134 e. The predicted octanol–water partition coefficient (Wildman–Crippen LogP) is 3.08. The topological polar surface area (TPSA) is 41.5 Å². The van der Waals surface area contributed by atoms with E-state index in [1.807, 2.05) is 56.4 Å². The van der Waals surface area contributed by atoms with E-state index in [0.717, 1.165) is 16.7 Å². The largest absolute Gasteiger partial charge is 0.488 e. The molecule has 3 rings (SSSR count). The Hall–Kier alpha value is -1.55. The van der Waals surface area contributed by atoms with Gasteiger partial charge in [0.1, 0.15) is 18.0 Å². The molecule has 4 heteroatoms. The van der Waals surface area contributed by atoms with E-state index >= 15 is 0 Å². The van der Waals surface area contributed by atoms with E-state index in [1.54, 1.807) is 0 Å². The Bertz CT molecular complexity index is 674. The van der Waals surface area contributed by atoms with Crippen molar-refractivity contribution in [3.05, 3.63) is 64.2 Å². The molecule has 2 aromatic carbocycles. The van der Waals surface area contributed by atoms with Crippen LogP contribution in [0.15, 0.2) is 42.5 Å². The Balaban J connectivity index is 2.32. The molecule has 0 fully saturated rings. The number of hydrogen-bond acceptors (Lipinski definition) is 3. The quantitative estimate of drug-likeness (QED) is 0.896. The summed E-state index contributed by atoms with van der Waals surface area (Å²) in [6.45, 7) is 2.37. The zero-order chi connectivity index (χ0) is 15.0. The lowest BCUT2D eigenvalue weighted by Gasteiger charge is -2.35. The van der Waals surface area contributed by atoms with Gasteiger partial charge in [-0.3, -0.25) is 0 Å². The number of hydrogen-bond donors (Lipinski definition) is 2. The zero-order valence-electron chi connectivity index (χ0n) is 12.1. The predicted molar refractivity (Wildman–Crippen MR) is 83.7 cm³/mol. The summed E-state index contributed by atoms with van der Waals surface area (Å²) in [6, 6.07) is 13.0. The highest BCUT2D eigenvalue weighted by atomic mass is 35.5. The van der Waals surface area contributed by atoms with Gasteiger partial charge in [-0.15, -0.1) is 0 Å². The van der Waals surface area contributed by atoms with Crippen molar-refractivity contribution < 1.29 is 9.84 Å². The van der Waals surface area contributed by atoms with Crippen LogP contribution in [-0.2, 0) is 12.2 Å². The van der Waals surface area contributed by atoms with E-state index in [9.17, 15) is 5.11 Å². The Labute approximate surface area is 129 Å². The van der Waals surface area contributed by atoms with Gasteiger partial charge in [0.25, 0.3) is 0 Å². The first-order valence-corrected chi connectivity index (χ1v) is 7.36.